The van der Waals surface area contributed by atoms with Gasteiger partial charge in [0.25, 0.3) is 0 Å². The first-order chi connectivity index (χ1) is 6.22. The van der Waals surface area contributed by atoms with Gasteiger partial charge in [-0.25, -0.2) is 0 Å². The second-order valence-electron chi connectivity index (χ2n) is 3.44. The van der Waals surface area contributed by atoms with E-state index in [4.69, 9.17) is 11.6 Å². The smallest absolute Gasteiger partial charge is 0.0474 e. The van der Waals surface area contributed by atoms with E-state index < -0.39 is 0 Å². The van der Waals surface area contributed by atoms with Crippen LogP contribution in [0.1, 0.15) is 25.0 Å². The Balaban J connectivity index is 2.64. The molecule has 1 aromatic carbocycles. The van der Waals surface area contributed by atoms with Crippen molar-refractivity contribution in [2.45, 2.75) is 26.1 Å². The molecule has 0 fully saturated rings. The monoisotopic (exact) mass is 194 g/mol. The standard InChI is InChI=1S/C12H15Cl/c1-10(2)3-4-11-5-7-12(9-13)8-6-11/h3,5-8H,4,9H2,1-2H3. The maximum Gasteiger partial charge on any atom is 0.0474 e. The Bertz CT molecular complexity index is 278. The number of allylic oxidation sites excluding steroid dienone is 2. The fraction of sp³-hybridized carbons (Fsp3) is 0.333. The minimum atomic E-state index is 0.600. The zero-order valence-electron chi connectivity index (χ0n) is 8.18. The molecule has 0 nitrogen and oxygen atoms in total. The molecule has 1 heteroatoms. The molecule has 0 aliphatic rings. The Morgan fingerprint density at radius 2 is 1.69 bits per heavy atom. The van der Waals surface area contributed by atoms with Crippen LogP contribution in [0.5, 0.6) is 0 Å². The van der Waals surface area contributed by atoms with E-state index in [1.165, 1.54) is 16.7 Å². The van der Waals surface area contributed by atoms with Crippen LogP contribution in [0.25, 0.3) is 0 Å². The lowest BCUT2D eigenvalue weighted by molar-refractivity contribution is 1.20. The first-order valence-corrected chi connectivity index (χ1v) is 5.03. The first-order valence-electron chi connectivity index (χ1n) is 4.49. The van der Waals surface area contributed by atoms with Crippen molar-refractivity contribution in [3.63, 3.8) is 0 Å². The summed E-state index contributed by atoms with van der Waals surface area (Å²) in [6.07, 6.45) is 3.25. The maximum atomic E-state index is 5.69. The van der Waals surface area contributed by atoms with Crippen molar-refractivity contribution < 1.29 is 0 Å². The van der Waals surface area contributed by atoms with Gasteiger partial charge in [0.1, 0.15) is 0 Å². The maximum absolute atomic E-state index is 5.69. The molecule has 0 radical (unpaired) electrons. The molecule has 0 bridgehead atoms. The van der Waals surface area contributed by atoms with E-state index in [1.54, 1.807) is 0 Å². The van der Waals surface area contributed by atoms with Crippen LogP contribution in [0, 0.1) is 0 Å². The number of rotatable bonds is 3. The summed E-state index contributed by atoms with van der Waals surface area (Å²) >= 11 is 5.69. The Labute approximate surface area is 85.2 Å². The fourth-order valence-electron chi connectivity index (χ4n) is 1.09. The lowest BCUT2D eigenvalue weighted by Crippen LogP contribution is -1.83. The van der Waals surface area contributed by atoms with Gasteiger partial charge in [0, 0.05) is 5.88 Å². The van der Waals surface area contributed by atoms with Crippen molar-refractivity contribution in [3.8, 4) is 0 Å². The third-order valence-corrected chi connectivity index (χ3v) is 2.23. The van der Waals surface area contributed by atoms with Gasteiger partial charge in [-0.2, -0.15) is 0 Å². The van der Waals surface area contributed by atoms with Crippen LogP contribution in [0.3, 0.4) is 0 Å². The topological polar surface area (TPSA) is 0 Å². The number of alkyl halides is 1. The van der Waals surface area contributed by atoms with Gasteiger partial charge < -0.3 is 0 Å². The minimum absolute atomic E-state index is 0.600. The summed E-state index contributed by atoms with van der Waals surface area (Å²) in [5, 5.41) is 0. The molecule has 1 aromatic rings. The highest BCUT2D eigenvalue weighted by molar-refractivity contribution is 6.17. The van der Waals surface area contributed by atoms with Gasteiger partial charge in [-0.05, 0) is 31.4 Å². The highest BCUT2D eigenvalue weighted by Gasteiger charge is 1.91. The summed E-state index contributed by atoms with van der Waals surface area (Å²) in [5.41, 5.74) is 3.89. The van der Waals surface area contributed by atoms with Gasteiger partial charge in [0.2, 0.25) is 0 Å². The molecular formula is C12H15Cl. The predicted molar refractivity (Wildman–Crippen MR) is 59.1 cm³/mol. The molecule has 0 aliphatic carbocycles. The third kappa shape index (κ3) is 3.65. The molecule has 0 atom stereocenters. The predicted octanol–water partition coefficient (Wildman–Crippen LogP) is 3.93. The fourth-order valence-corrected chi connectivity index (χ4v) is 1.26. The largest absolute Gasteiger partial charge is 0.122 e. The Hall–Kier alpha value is -0.750. The van der Waals surface area contributed by atoms with Crippen molar-refractivity contribution in [3.05, 3.63) is 47.0 Å². The number of hydrogen-bond donors (Lipinski definition) is 0. The van der Waals surface area contributed by atoms with Gasteiger partial charge in [-0.3, -0.25) is 0 Å². The molecule has 70 valence electrons. The Morgan fingerprint density at radius 1 is 1.15 bits per heavy atom. The van der Waals surface area contributed by atoms with E-state index >= 15 is 0 Å². The number of hydrogen-bond acceptors (Lipinski definition) is 0. The van der Waals surface area contributed by atoms with Gasteiger partial charge in [-0.15, -0.1) is 11.6 Å². The van der Waals surface area contributed by atoms with Gasteiger partial charge in [-0.1, -0.05) is 35.9 Å². The molecule has 0 saturated carbocycles. The van der Waals surface area contributed by atoms with Gasteiger partial charge in [0.05, 0.1) is 0 Å². The highest BCUT2D eigenvalue weighted by Crippen LogP contribution is 2.08. The van der Waals surface area contributed by atoms with Crippen LogP contribution in [0.4, 0.5) is 0 Å². The first kappa shape index (κ1) is 10.3. The minimum Gasteiger partial charge on any atom is -0.122 e. The summed E-state index contributed by atoms with van der Waals surface area (Å²) in [6, 6.07) is 8.44. The average molecular weight is 195 g/mol. The number of halogens is 1. The van der Waals surface area contributed by atoms with Gasteiger partial charge in [0.15, 0.2) is 0 Å². The molecule has 1 rings (SSSR count). The van der Waals surface area contributed by atoms with Crippen LogP contribution in [-0.4, -0.2) is 0 Å². The summed E-state index contributed by atoms with van der Waals surface area (Å²) in [5.74, 6) is 0.600. The Morgan fingerprint density at radius 3 is 2.15 bits per heavy atom. The lowest BCUT2D eigenvalue weighted by Gasteiger charge is -1.99. The Kier molecular flexibility index (Phi) is 4.04. The zero-order valence-corrected chi connectivity index (χ0v) is 8.93. The van der Waals surface area contributed by atoms with Crippen LogP contribution >= 0.6 is 11.6 Å². The molecule has 0 N–H and O–H groups in total. The van der Waals surface area contributed by atoms with Crippen molar-refractivity contribution in [1.29, 1.82) is 0 Å². The van der Waals surface area contributed by atoms with Crippen LogP contribution in [-0.2, 0) is 12.3 Å². The van der Waals surface area contributed by atoms with Crippen molar-refractivity contribution in [2.24, 2.45) is 0 Å². The second kappa shape index (κ2) is 5.08. The molecular weight excluding hydrogens is 180 g/mol. The molecule has 0 aliphatic heterocycles. The van der Waals surface area contributed by atoms with Crippen molar-refractivity contribution in [2.75, 3.05) is 0 Å². The van der Waals surface area contributed by atoms with E-state index in [-0.39, 0.29) is 0 Å². The van der Waals surface area contributed by atoms with E-state index in [0.29, 0.717) is 5.88 Å². The van der Waals surface area contributed by atoms with E-state index in [9.17, 15) is 0 Å². The molecule has 0 aromatic heterocycles. The molecule has 13 heavy (non-hydrogen) atoms. The summed E-state index contributed by atoms with van der Waals surface area (Å²) in [6.45, 7) is 4.24. The van der Waals surface area contributed by atoms with Crippen molar-refractivity contribution in [1.82, 2.24) is 0 Å². The van der Waals surface area contributed by atoms with E-state index in [1.807, 2.05) is 0 Å². The summed E-state index contributed by atoms with van der Waals surface area (Å²) in [4.78, 5) is 0. The van der Waals surface area contributed by atoms with Crippen LogP contribution < -0.4 is 0 Å². The summed E-state index contributed by atoms with van der Waals surface area (Å²) in [7, 11) is 0. The lowest BCUT2D eigenvalue weighted by atomic mass is 10.1. The molecule has 0 spiro atoms. The molecule has 0 saturated heterocycles. The SMILES string of the molecule is CC(C)=CCc1ccc(CCl)cc1. The third-order valence-electron chi connectivity index (χ3n) is 1.92. The van der Waals surface area contributed by atoms with E-state index in [2.05, 4.69) is 44.2 Å². The highest BCUT2D eigenvalue weighted by atomic mass is 35.5. The second-order valence-corrected chi connectivity index (χ2v) is 3.70. The molecule has 0 heterocycles. The summed E-state index contributed by atoms with van der Waals surface area (Å²) < 4.78 is 0. The van der Waals surface area contributed by atoms with Gasteiger partial charge >= 0.3 is 0 Å². The van der Waals surface area contributed by atoms with Crippen LogP contribution in [0.15, 0.2) is 35.9 Å². The van der Waals surface area contributed by atoms with Crippen molar-refractivity contribution >= 4 is 11.6 Å². The number of benzene rings is 1. The molecule has 0 unspecified atom stereocenters. The zero-order chi connectivity index (χ0) is 9.68. The average Bonchev–Trinajstić information content (AvgIpc) is 2.15. The quantitative estimate of drug-likeness (QED) is 0.505. The normalized spacial score (nSPS) is 9.77. The van der Waals surface area contributed by atoms with Crippen LogP contribution in [0.2, 0.25) is 0 Å². The molecule has 0 amide bonds. The van der Waals surface area contributed by atoms with E-state index in [0.717, 1.165) is 6.42 Å².